The number of nitrogens with zero attached hydrogens (tertiary/aromatic N) is 2. The number of hydrogen-bond acceptors (Lipinski definition) is 3. The molecule has 1 atom stereocenters. The Kier molecular flexibility index (Phi) is 7.61. The Bertz CT molecular complexity index is 706. The van der Waals surface area contributed by atoms with Gasteiger partial charge in [0, 0.05) is 44.0 Å². The highest BCUT2D eigenvalue weighted by atomic mass is 79.9. The van der Waals surface area contributed by atoms with Gasteiger partial charge in [0.2, 0.25) is 0 Å². The Labute approximate surface area is 169 Å². The highest BCUT2D eigenvalue weighted by Crippen LogP contribution is 2.32. The molecule has 2 rings (SSSR count). The molecule has 1 N–H and O–H groups in total. The van der Waals surface area contributed by atoms with E-state index in [-0.39, 0.29) is 11.9 Å². The van der Waals surface area contributed by atoms with Crippen LogP contribution >= 0.6 is 28.1 Å². The molecule has 1 aliphatic heterocycles. The Morgan fingerprint density at radius 2 is 2.15 bits per heavy atom. The van der Waals surface area contributed by atoms with E-state index in [4.69, 9.17) is 17.0 Å². The Balaban J connectivity index is 2.39. The number of allylic oxidation sites excluding steroid dienone is 1. The second-order valence-corrected chi connectivity index (χ2v) is 7.64. The molecule has 1 unspecified atom stereocenters. The third-order valence-electron chi connectivity index (χ3n) is 4.29. The van der Waals surface area contributed by atoms with Gasteiger partial charge in [0.25, 0.3) is 5.91 Å². The number of rotatable bonds is 7. The van der Waals surface area contributed by atoms with Crippen LogP contribution in [0.2, 0.25) is 0 Å². The van der Waals surface area contributed by atoms with Crippen LogP contribution in [-0.2, 0) is 9.53 Å². The first-order chi connectivity index (χ1) is 12.4. The minimum Gasteiger partial charge on any atom is -0.382 e. The number of likely N-dealkylation sites (N-methyl/N-ethyl adjacent to an activating group) is 1. The van der Waals surface area contributed by atoms with Gasteiger partial charge >= 0.3 is 0 Å². The molecule has 0 saturated carbocycles. The van der Waals surface area contributed by atoms with Crippen LogP contribution in [0.15, 0.2) is 40.0 Å². The fourth-order valence-electron chi connectivity index (χ4n) is 2.97. The van der Waals surface area contributed by atoms with E-state index >= 15 is 0 Å². The third-order valence-corrected chi connectivity index (χ3v) is 5.12. The minimum atomic E-state index is -0.266. The van der Waals surface area contributed by atoms with Crippen LogP contribution < -0.4 is 5.32 Å². The standard InChI is InChI=1S/C19H26BrN3O2S/c1-5-25-11-7-10-23-13(2)16(18(24)22(3)4)17(21-19(23)26)14-8-6-9-15(20)12-14/h6,8-9,12,17H,5,7,10-11H2,1-4H3,(H,21,26). The van der Waals surface area contributed by atoms with E-state index in [1.165, 1.54) is 0 Å². The van der Waals surface area contributed by atoms with Crippen LogP contribution in [0.1, 0.15) is 31.9 Å². The summed E-state index contributed by atoms with van der Waals surface area (Å²) >= 11 is 9.11. The number of hydrogen-bond donors (Lipinski definition) is 1. The SMILES string of the molecule is CCOCCCN1C(=S)NC(c2cccc(Br)c2)C(C(=O)N(C)C)=C1C. The third kappa shape index (κ3) is 4.84. The number of amides is 1. The highest BCUT2D eigenvalue weighted by molar-refractivity contribution is 9.10. The summed E-state index contributed by atoms with van der Waals surface area (Å²) in [6.45, 7) is 6.04. The minimum absolute atomic E-state index is 0.0164. The van der Waals surface area contributed by atoms with Crippen molar-refractivity contribution in [2.75, 3.05) is 33.9 Å². The van der Waals surface area contributed by atoms with Gasteiger partial charge in [-0.25, -0.2) is 0 Å². The van der Waals surface area contributed by atoms with Crippen molar-refractivity contribution < 1.29 is 9.53 Å². The zero-order valence-electron chi connectivity index (χ0n) is 15.7. The summed E-state index contributed by atoms with van der Waals surface area (Å²) in [5.41, 5.74) is 2.62. The second-order valence-electron chi connectivity index (χ2n) is 6.34. The van der Waals surface area contributed by atoms with Crippen LogP contribution in [0.3, 0.4) is 0 Å². The molecule has 1 aromatic carbocycles. The molecule has 7 heteroatoms. The number of carbonyl (C=O) groups excluding carboxylic acids is 1. The van der Waals surface area contributed by atoms with Crippen molar-refractivity contribution in [3.8, 4) is 0 Å². The Morgan fingerprint density at radius 3 is 2.77 bits per heavy atom. The first-order valence-corrected chi connectivity index (χ1v) is 9.90. The van der Waals surface area contributed by atoms with Crippen molar-refractivity contribution in [2.24, 2.45) is 0 Å². The summed E-state index contributed by atoms with van der Waals surface area (Å²) in [5, 5.41) is 4.00. The van der Waals surface area contributed by atoms with Crippen LogP contribution in [0.4, 0.5) is 0 Å². The number of thiocarbonyl (C=S) groups is 1. The molecule has 0 spiro atoms. The van der Waals surface area contributed by atoms with Crippen LogP contribution in [0.25, 0.3) is 0 Å². The lowest BCUT2D eigenvalue weighted by molar-refractivity contribution is -0.125. The normalized spacial score (nSPS) is 17.3. The molecule has 0 saturated heterocycles. The van der Waals surface area contributed by atoms with E-state index in [1.54, 1.807) is 19.0 Å². The molecule has 0 fully saturated rings. The second kappa shape index (κ2) is 9.48. The van der Waals surface area contributed by atoms with Crippen molar-refractivity contribution in [2.45, 2.75) is 26.3 Å². The van der Waals surface area contributed by atoms with Crippen molar-refractivity contribution >= 4 is 39.2 Å². The highest BCUT2D eigenvalue weighted by Gasteiger charge is 2.34. The number of nitrogens with one attached hydrogen (secondary N) is 1. The van der Waals surface area contributed by atoms with Crippen molar-refractivity contribution in [3.63, 3.8) is 0 Å². The van der Waals surface area contributed by atoms with E-state index in [0.29, 0.717) is 24.9 Å². The van der Waals surface area contributed by atoms with Gasteiger partial charge in [0.15, 0.2) is 5.11 Å². The molecule has 1 aromatic rings. The molecule has 0 radical (unpaired) electrons. The van der Waals surface area contributed by atoms with E-state index in [1.807, 2.05) is 43.0 Å². The quantitative estimate of drug-likeness (QED) is 0.520. The molecule has 0 aromatic heterocycles. The average Bonchev–Trinajstić information content (AvgIpc) is 2.60. The molecule has 5 nitrogen and oxygen atoms in total. The fourth-order valence-corrected chi connectivity index (χ4v) is 3.74. The number of carbonyl (C=O) groups is 1. The zero-order valence-corrected chi connectivity index (χ0v) is 18.1. The predicted octanol–water partition coefficient (Wildman–Crippen LogP) is 3.47. The maximum absolute atomic E-state index is 12.9. The van der Waals surface area contributed by atoms with E-state index < -0.39 is 0 Å². The van der Waals surface area contributed by atoms with Crippen molar-refractivity contribution in [3.05, 3.63) is 45.6 Å². The number of halogens is 1. The van der Waals surface area contributed by atoms with Crippen molar-refractivity contribution in [1.82, 2.24) is 15.1 Å². The van der Waals surface area contributed by atoms with Gasteiger partial charge in [0.05, 0.1) is 11.6 Å². The molecule has 1 heterocycles. The van der Waals surface area contributed by atoms with E-state index in [2.05, 4.69) is 21.2 Å². The first-order valence-electron chi connectivity index (χ1n) is 8.70. The van der Waals surface area contributed by atoms with Crippen LogP contribution in [0, 0.1) is 0 Å². The van der Waals surface area contributed by atoms with Gasteiger partial charge in [-0.1, -0.05) is 28.1 Å². The molecular weight excluding hydrogens is 414 g/mol. The van der Waals surface area contributed by atoms with Gasteiger partial charge in [-0.2, -0.15) is 0 Å². The Hall–Kier alpha value is -1.44. The van der Waals surface area contributed by atoms with Gasteiger partial charge in [0.1, 0.15) is 0 Å². The topological polar surface area (TPSA) is 44.8 Å². The summed E-state index contributed by atoms with van der Waals surface area (Å²) in [7, 11) is 3.54. The summed E-state index contributed by atoms with van der Waals surface area (Å²) in [5.74, 6) is -0.0164. The van der Waals surface area contributed by atoms with Gasteiger partial charge in [-0.05, 0) is 50.2 Å². The fraction of sp³-hybridized carbons (Fsp3) is 0.474. The molecule has 142 valence electrons. The number of benzene rings is 1. The smallest absolute Gasteiger partial charge is 0.253 e. The lowest BCUT2D eigenvalue weighted by Gasteiger charge is -2.38. The lowest BCUT2D eigenvalue weighted by atomic mass is 9.94. The van der Waals surface area contributed by atoms with Crippen molar-refractivity contribution in [1.29, 1.82) is 0 Å². The first kappa shape index (κ1) is 20.9. The largest absolute Gasteiger partial charge is 0.382 e. The van der Waals surface area contributed by atoms with E-state index in [9.17, 15) is 4.79 Å². The Morgan fingerprint density at radius 1 is 1.42 bits per heavy atom. The summed E-state index contributed by atoms with van der Waals surface area (Å²) in [6.07, 6.45) is 0.845. The van der Waals surface area contributed by atoms with Crippen LogP contribution in [-0.4, -0.2) is 54.7 Å². The van der Waals surface area contributed by atoms with Gasteiger partial charge < -0.3 is 19.9 Å². The summed E-state index contributed by atoms with van der Waals surface area (Å²) in [6, 6.07) is 7.69. The van der Waals surface area contributed by atoms with Gasteiger partial charge in [-0.3, -0.25) is 4.79 Å². The maximum atomic E-state index is 12.9. The van der Waals surface area contributed by atoms with Gasteiger partial charge in [-0.15, -0.1) is 0 Å². The molecule has 1 amide bonds. The molecule has 26 heavy (non-hydrogen) atoms. The summed E-state index contributed by atoms with van der Waals surface area (Å²) in [4.78, 5) is 16.5. The van der Waals surface area contributed by atoms with Crippen LogP contribution in [0.5, 0.6) is 0 Å². The zero-order chi connectivity index (χ0) is 19.3. The average molecular weight is 440 g/mol. The monoisotopic (exact) mass is 439 g/mol. The molecule has 0 bridgehead atoms. The molecule has 1 aliphatic rings. The predicted molar refractivity (Wildman–Crippen MR) is 112 cm³/mol. The van der Waals surface area contributed by atoms with E-state index in [0.717, 1.165) is 27.7 Å². The number of ether oxygens (including phenoxy) is 1. The maximum Gasteiger partial charge on any atom is 0.253 e. The molecule has 0 aliphatic carbocycles. The summed E-state index contributed by atoms with van der Waals surface area (Å²) < 4.78 is 6.39. The molecular formula is C19H26BrN3O2S. The lowest BCUT2D eigenvalue weighted by Crippen LogP contribution is -2.49.